The number of hydrogen-bond donors (Lipinski definition) is 1. The van der Waals surface area contributed by atoms with Crippen molar-refractivity contribution in [1.29, 1.82) is 0 Å². The van der Waals surface area contributed by atoms with Crippen molar-refractivity contribution in [3.05, 3.63) is 0 Å². The van der Waals surface area contributed by atoms with E-state index in [9.17, 15) is 0 Å². The average molecular weight is 231 g/mol. The fourth-order valence-electron chi connectivity index (χ4n) is 1.39. The van der Waals surface area contributed by atoms with Crippen molar-refractivity contribution in [2.24, 2.45) is 0 Å². The molecule has 0 aliphatic carbocycles. The van der Waals surface area contributed by atoms with E-state index in [2.05, 4.69) is 36.3 Å². The monoisotopic (exact) mass is 231 g/mol. The van der Waals surface area contributed by atoms with E-state index in [1.54, 1.807) is 0 Å². The van der Waals surface area contributed by atoms with Gasteiger partial charge in [-0.25, -0.2) is 0 Å². The van der Waals surface area contributed by atoms with Gasteiger partial charge in [0.05, 0.1) is 6.61 Å². The zero-order valence-corrected chi connectivity index (χ0v) is 11.5. The van der Waals surface area contributed by atoms with Gasteiger partial charge in [0.2, 0.25) is 0 Å². The highest BCUT2D eigenvalue weighted by molar-refractivity contribution is 4.55. The average Bonchev–Trinajstić information content (AvgIpc) is 2.23. The molecule has 4 heteroatoms. The summed E-state index contributed by atoms with van der Waals surface area (Å²) in [5.74, 6) is 0. The smallest absolute Gasteiger partial charge is 0.0593 e. The lowest BCUT2D eigenvalue weighted by molar-refractivity contribution is 0.122. The topological polar surface area (TPSA) is 27.7 Å². The number of nitrogens with zero attached hydrogens (tertiary/aromatic N) is 2. The summed E-state index contributed by atoms with van der Waals surface area (Å²) >= 11 is 0. The molecular formula is C12H29N3O. The molecule has 0 aliphatic rings. The molecule has 0 aliphatic heterocycles. The summed E-state index contributed by atoms with van der Waals surface area (Å²) in [6, 6.07) is 0. The van der Waals surface area contributed by atoms with Gasteiger partial charge in [-0.15, -0.1) is 0 Å². The largest absolute Gasteiger partial charge is 0.380 e. The molecule has 0 bridgehead atoms. The van der Waals surface area contributed by atoms with Crippen LogP contribution in [0.4, 0.5) is 0 Å². The molecule has 0 spiro atoms. The van der Waals surface area contributed by atoms with E-state index in [4.69, 9.17) is 4.74 Å². The van der Waals surface area contributed by atoms with Crippen molar-refractivity contribution < 1.29 is 4.74 Å². The van der Waals surface area contributed by atoms with Gasteiger partial charge in [0.15, 0.2) is 0 Å². The Bertz CT molecular complexity index is 142. The van der Waals surface area contributed by atoms with E-state index >= 15 is 0 Å². The summed E-state index contributed by atoms with van der Waals surface area (Å²) in [6.45, 7) is 9.14. The minimum absolute atomic E-state index is 0.816. The molecule has 98 valence electrons. The molecule has 0 radical (unpaired) electrons. The summed E-state index contributed by atoms with van der Waals surface area (Å²) in [5, 5.41) is 3.45. The number of ether oxygens (including phenoxy) is 1. The molecule has 0 rings (SSSR count). The van der Waals surface area contributed by atoms with Crippen LogP contribution in [0.3, 0.4) is 0 Å². The van der Waals surface area contributed by atoms with Gasteiger partial charge >= 0.3 is 0 Å². The number of rotatable bonds is 11. The Kier molecular flexibility index (Phi) is 11.2. The Morgan fingerprint density at radius 1 is 1.00 bits per heavy atom. The maximum atomic E-state index is 5.31. The van der Waals surface area contributed by atoms with Crippen molar-refractivity contribution in [3.8, 4) is 0 Å². The Hall–Kier alpha value is -0.160. The molecule has 0 aromatic heterocycles. The molecule has 16 heavy (non-hydrogen) atoms. The van der Waals surface area contributed by atoms with E-state index in [0.717, 1.165) is 45.9 Å². The van der Waals surface area contributed by atoms with Crippen molar-refractivity contribution in [2.45, 2.75) is 13.3 Å². The number of nitrogens with one attached hydrogen (secondary N) is 1. The molecule has 0 saturated heterocycles. The highest BCUT2D eigenvalue weighted by atomic mass is 16.5. The van der Waals surface area contributed by atoms with Gasteiger partial charge in [0, 0.05) is 26.2 Å². The van der Waals surface area contributed by atoms with Crippen LogP contribution in [0.1, 0.15) is 13.3 Å². The Labute approximate surface area is 101 Å². The second-order valence-corrected chi connectivity index (χ2v) is 4.41. The number of hydrogen-bond acceptors (Lipinski definition) is 4. The molecule has 0 heterocycles. The zero-order chi connectivity index (χ0) is 12.2. The quantitative estimate of drug-likeness (QED) is 0.524. The highest BCUT2D eigenvalue weighted by Crippen LogP contribution is 1.84. The van der Waals surface area contributed by atoms with Crippen LogP contribution >= 0.6 is 0 Å². The lowest BCUT2D eigenvalue weighted by Crippen LogP contribution is -2.32. The molecule has 0 aromatic rings. The Morgan fingerprint density at radius 2 is 1.75 bits per heavy atom. The van der Waals surface area contributed by atoms with Crippen LogP contribution in [0.5, 0.6) is 0 Å². The van der Waals surface area contributed by atoms with E-state index in [0.29, 0.717) is 0 Å². The summed E-state index contributed by atoms with van der Waals surface area (Å²) in [6.07, 6.45) is 1.22. The van der Waals surface area contributed by atoms with Crippen molar-refractivity contribution in [3.63, 3.8) is 0 Å². The van der Waals surface area contributed by atoms with E-state index in [1.807, 2.05) is 6.92 Å². The summed E-state index contributed by atoms with van der Waals surface area (Å²) < 4.78 is 5.31. The van der Waals surface area contributed by atoms with Gasteiger partial charge in [0.25, 0.3) is 0 Å². The van der Waals surface area contributed by atoms with E-state index in [1.165, 1.54) is 6.42 Å². The molecule has 0 saturated carbocycles. The van der Waals surface area contributed by atoms with Crippen molar-refractivity contribution in [1.82, 2.24) is 15.1 Å². The lowest BCUT2D eigenvalue weighted by Gasteiger charge is -2.17. The molecule has 1 N–H and O–H groups in total. The van der Waals surface area contributed by atoms with Crippen molar-refractivity contribution >= 4 is 0 Å². The Morgan fingerprint density at radius 3 is 2.38 bits per heavy atom. The standard InChI is InChI=1S/C12H29N3O/c1-5-16-12-11-15(4)10-8-13-7-6-9-14(2)3/h13H,5-12H2,1-4H3. The molecule has 0 atom stereocenters. The van der Waals surface area contributed by atoms with Crippen LogP contribution in [0.25, 0.3) is 0 Å². The van der Waals surface area contributed by atoms with Crippen molar-refractivity contribution in [2.75, 3.05) is 67.1 Å². The normalized spacial score (nSPS) is 11.6. The molecule has 0 aromatic carbocycles. The van der Waals surface area contributed by atoms with Crippen LogP contribution in [0.2, 0.25) is 0 Å². The van der Waals surface area contributed by atoms with Crippen LogP contribution in [0.15, 0.2) is 0 Å². The van der Waals surface area contributed by atoms with Gasteiger partial charge in [-0.1, -0.05) is 0 Å². The lowest BCUT2D eigenvalue weighted by atomic mass is 10.4. The Balaban J connectivity index is 3.12. The van der Waals surface area contributed by atoms with Crippen LogP contribution in [-0.4, -0.2) is 76.9 Å². The fraction of sp³-hybridized carbons (Fsp3) is 1.00. The van der Waals surface area contributed by atoms with Gasteiger partial charge < -0.3 is 19.9 Å². The zero-order valence-electron chi connectivity index (χ0n) is 11.5. The van der Waals surface area contributed by atoms with Gasteiger partial charge in [-0.3, -0.25) is 0 Å². The van der Waals surface area contributed by atoms with E-state index in [-0.39, 0.29) is 0 Å². The molecule has 0 unspecified atom stereocenters. The second kappa shape index (κ2) is 11.3. The summed E-state index contributed by atoms with van der Waals surface area (Å²) in [4.78, 5) is 4.52. The minimum atomic E-state index is 0.816. The first kappa shape index (κ1) is 15.8. The third-order valence-corrected chi connectivity index (χ3v) is 2.45. The van der Waals surface area contributed by atoms with Gasteiger partial charge in [0.1, 0.15) is 0 Å². The molecule has 4 nitrogen and oxygen atoms in total. The van der Waals surface area contributed by atoms with Crippen LogP contribution in [0, 0.1) is 0 Å². The molecule has 0 amide bonds. The SMILES string of the molecule is CCOCCN(C)CCNCCCN(C)C. The predicted octanol–water partition coefficient (Wildman–Crippen LogP) is 0.496. The maximum Gasteiger partial charge on any atom is 0.0593 e. The minimum Gasteiger partial charge on any atom is -0.380 e. The third-order valence-electron chi connectivity index (χ3n) is 2.45. The van der Waals surface area contributed by atoms with Crippen LogP contribution in [-0.2, 0) is 4.74 Å². The highest BCUT2D eigenvalue weighted by Gasteiger charge is 1.97. The molecular weight excluding hydrogens is 202 g/mol. The first-order chi connectivity index (χ1) is 7.66. The fourth-order valence-corrected chi connectivity index (χ4v) is 1.39. The van der Waals surface area contributed by atoms with Gasteiger partial charge in [-0.05, 0) is 47.6 Å². The summed E-state index contributed by atoms with van der Waals surface area (Å²) in [5.41, 5.74) is 0. The second-order valence-electron chi connectivity index (χ2n) is 4.41. The van der Waals surface area contributed by atoms with Crippen LogP contribution < -0.4 is 5.32 Å². The van der Waals surface area contributed by atoms with Gasteiger partial charge in [-0.2, -0.15) is 0 Å². The first-order valence-corrected chi connectivity index (χ1v) is 6.28. The predicted molar refractivity (Wildman–Crippen MR) is 70.0 cm³/mol. The third kappa shape index (κ3) is 11.9. The van der Waals surface area contributed by atoms with E-state index < -0.39 is 0 Å². The molecule has 0 fully saturated rings. The maximum absolute atomic E-state index is 5.31. The number of likely N-dealkylation sites (N-methyl/N-ethyl adjacent to an activating group) is 1. The summed E-state index contributed by atoms with van der Waals surface area (Å²) in [7, 11) is 6.36. The first-order valence-electron chi connectivity index (χ1n) is 6.28.